The van der Waals surface area contributed by atoms with Crippen molar-refractivity contribution in [3.05, 3.63) is 70.2 Å². The molecule has 0 aliphatic heterocycles. The molecule has 0 atom stereocenters. The molecule has 7 heteroatoms. The number of halogens is 1. The van der Waals surface area contributed by atoms with Gasteiger partial charge in [0.1, 0.15) is 15.7 Å². The second kappa shape index (κ2) is 7.35. The van der Waals surface area contributed by atoms with Crippen LogP contribution >= 0.6 is 15.9 Å². The van der Waals surface area contributed by atoms with Crippen molar-refractivity contribution >= 4 is 37.7 Å². The Balaban J connectivity index is 1.95. The van der Waals surface area contributed by atoms with Crippen LogP contribution in [0.3, 0.4) is 0 Å². The highest BCUT2D eigenvalue weighted by atomic mass is 79.9. The topological polar surface area (TPSA) is 106 Å². The Morgan fingerprint density at radius 3 is 1.79 bits per heavy atom. The van der Waals surface area contributed by atoms with Crippen molar-refractivity contribution in [2.75, 3.05) is 0 Å². The molecule has 0 saturated carbocycles. The molecule has 5 aromatic rings. The second-order valence-corrected chi connectivity index (χ2v) is 8.80. The van der Waals surface area contributed by atoms with Gasteiger partial charge in [0.05, 0.1) is 16.3 Å². The number of fused-ring (bicyclic) bond motifs is 3. The van der Waals surface area contributed by atoms with Crippen molar-refractivity contribution in [2.45, 2.75) is 13.8 Å². The number of aryl methyl sites for hydroxylation is 1. The second-order valence-electron chi connectivity index (χ2n) is 8.00. The number of hydrogen-bond donors (Lipinski definition) is 5. The van der Waals surface area contributed by atoms with E-state index in [1.54, 1.807) is 18.4 Å². The lowest BCUT2D eigenvalue weighted by Gasteiger charge is -2.14. The van der Waals surface area contributed by atoms with E-state index in [9.17, 15) is 25.5 Å². The fourth-order valence-corrected chi connectivity index (χ4v) is 4.78. The quantitative estimate of drug-likeness (QED) is 0.142. The molecule has 1 aromatic heterocycles. The van der Waals surface area contributed by atoms with Crippen LogP contribution < -0.4 is 0 Å². The van der Waals surface area contributed by atoms with Gasteiger partial charge in [0.25, 0.3) is 0 Å². The average molecular weight is 506 g/mol. The van der Waals surface area contributed by atoms with E-state index in [1.807, 2.05) is 54.6 Å². The number of aromatic hydroxyl groups is 5. The molecule has 33 heavy (non-hydrogen) atoms. The summed E-state index contributed by atoms with van der Waals surface area (Å²) in [5, 5.41) is 53.9. The van der Waals surface area contributed by atoms with Crippen molar-refractivity contribution in [1.82, 2.24) is 4.57 Å². The molecule has 0 aliphatic carbocycles. The van der Waals surface area contributed by atoms with Gasteiger partial charge in [-0.05, 0) is 64.2 Å². The molecular formula is C26H20BrNO5. The summed E-state index contributed by atoms with van der Waals surface area (Å²) in [7, 11) is 0. The first-order valence-corrected chi connectivity index (χ1v) is 11.0. The van der Waals surface area contributed by atoms with Gasteiger partial charge < -0.3 is 30.1 Å². The minimum absolute atomic E-state index is 0.107. The Hall–Kier alpha value is -3.84. The van der Waals surface area contributed by atoms with Gasteiger partial charge in [-0.1, -0.05) is 42.5 Å². The first-order valence-electron chi connectivity index (χ1n) is 10.2. The number of benzene rings is 4. The van der Waals surface area contributed by atoms with E-state index in [2.05, 4.69) is 15.9 Å². The lowest BCUT2D eigenvalue weighted by atomic mass is 10.0. The number of hydrogen-bond acceptors (Lipinski definition) is 5. The van der Waals surface area contributed by atoms with Crippen molar-refractivity contribution in [1.29, 1.82) is 0 Å². The normalized spacial score (nSPS) is 11.5. The summed E-state index contributed by atoms with van der Waals surface area (Å²) < 4.78 is 1.56. The molecule has 1 heterocycles. The predicted octanol–water partition coefficient (Wildman–Crippen LogP) is 6.36. The van der Waals surface area contributed by atoms with Crippen LogP contribution in [-0.2, 0) is 0 Å². The van der Waals surface area contributed by atoms with E-state index in [0.717, 1.165) is 11.1 Å². The number of phenols is 5. The van der Waals surface area contributed by atoms with Crippen molar-refractivity contribution in [2.24, 2.45) is 0 Å². The molecule has 0 spiro atoms. The van der Waals surface area contributed by atoms with Gasteiger partial charge >= 0.3 is 0 Å². The average Bonchev–Trinajstić information content (AvgIpc) is 3.20. The van der Waals surface area contributed by atoms with Crippen LogP contribution in [0, 0.1) is 13.8 Å². The molecule has 0 aliphatic rings. The van der Waals surface area contributed by atoms with Crippen LogP contribution in [0.1, 0.15) is 11.1 Å². The number of phenolic OH excluding ortho intramolecular Hbond substituents is 5. The molecule has 0 saturated heterocycles. The summed E-state index contributed by atoms with van der Waals surface area (Å²) in [5.74, 6) is -2.06. The van der Waals surface area contributed by atoms with E-state index >= 15 is 0 Å². The van der Waals surface area contributed by atoms with Crippen LogP contribution in [-0.4, -0.2) is 30.1 Å². The summed E-state index contributed by atoms with van der Waals surface area (Å²) in [6, 6.07) is 17.4. The third kappa shape index (κ3) is 2.85. The maximum atomic E-state index is 10.9. The minimum Gasteiger partial charge on any atom is -0.506 e. The Kier molecular flexibility index (Phi) is 4.68. The van der Waals surface area contributed by atoms with Crippen LogP contribution in [0.2, 0.25) is 0 Å². The van der Waals surface area contributed by atoms with E-state index in [0.29, 0.717) is 22.3 Å². The molecule has 0 unspecified atom stereocenters. The van der Waals surface area contributed by atoms with Gasteiger partial charge in [0.2, 0.25) is 0 Å². The van der Waals surface area contributed by atoms with Crippen LogP contribution in [0.5, 0.6) is 28.7 Å². The highest BCUT2D eigenvalue weighted by Crippen LogP contribution is 2.55. The minimum atomic E-state index is -0.525. The third-order valence-corrected chi connectivity index (χ3v) is 6.99. The first kappa shape index (κ1) is 21.0. The molecule has 5 rings (SSSR count). The fraction of sp³-hybridized carbons (Fsp3) is 0.0769. The zero-order valence-corrected chi connectivity index (χ0v) is 19.3. The maximum Gasteiger partial charge on any atom is 0.184 e. The van der Waals surface area contributed by atoms with Gasteiger partial charge in [0.15, 0.2) is 23.0 Å². The molecule has 0 bridgehead atoms. The molecule has 6 nitrogen and oxygen atoms in total. The fourth-order valence-electron chi connectivity index (χ4n) is 4.39. The number of aromatic nitrogens is 1. The van der Waals surface area contributed by atoms with E-state index < -0.39 is 17.2 Å². The van der Waals surface area contributed by atoms with Gasteiger partial charge in [-0.3, -0.25) is 0 Å². The molecular weight excluding hydrogens is 486 g/mol. The Labute approximate surface area is 197 Å². The Bertz CT molecular complexity index is 1490. The summed E-state index contributed by atoms with van der Waals surface area (Å²) in [6.45, 7) is 3.46. The lowest BCUT2D eigenvalue weighted by Crippen LogP contribution is -1.97. The number of nitrogens with zero attached hydrogens (tertiary/aromatic N) is 1. The smallest absolute Gasteiger partial charge is 0.184 e. The van der Waals surface area contributed by atoms with Crippen molar-refractivity contribution in [3.8, 4) is 45.6 Å². The summed E-state index contributed by atoms with van der Waals surface area (Å²) in [4.78, 5) is 0. The van der Waals surface area contributed by atoms with Crippen LogP contribution in [0.15, 0.2) is 59.1 Å². The van der Waals surface area contributed by atoms with Crippen LogP contribution in [0.4, 0.5) is 0 Å². The highest BCUT2D eigenvalue weighted by Gasteiger charge is 2.29. The first-order chi connectivity index (χ1) is 15.7. The Morgan fingerprint density at radius 2 is 1.15 bits per heavy atom. The summed E-state index contributed by atoms with van der Waals surface area (Å²) in [6.07, 6.45) is 0. The zero-order valence-electron chi connectivity index (χ0n) is 17.8. The van der Waals surface area contributed by atoms with Gasteiger partial charge in [-0.15, -0.1) is 0 Å². The molecule has 166 valence electrons. The lowest BCUT2D eigenvalue weighted by molar-refractivity contribution is 0.397. The largest absolute Gasteiger partial charge is 0.506 e. The SMILES string of the molecule is Cc1c(O)c(O)c2c3c(O)c(Br)c(O)c(O)c3n(-c3ccc(-c4ccccc4)cc3)c2c1C. The molecule has 0 radical (unpaired) electrons. The standard InChI is InChI=1S/C26H20BrNO5/c1-12-13(2)22(29)24(31)17-18-21(26(33)25(32)19(27)23(18)30)28(20(12)17)16-10-8-15(9-11-16)14-6-4-3-5-7-14/h3-11,29-33H,1-2H3. The zero-order chi connectivity index (χ0) is 23.6. The Morgan fingerprint density at radius 1 is 0.576 bits per heavy atom. The van der Waals surface area contributed by atoms with Gasteiger partial charge in [0, 0.05) is 5.69 Å². The highest BCUT2D eigenvalue weighted by molar-refractivity contribution is 9.10. The maximum absolute atomic E-state index is 10.9. The van der Waals surface area contributed by atoms with E-state index in [-0.39, 0.29) is 32.3 Å². The van der Waals surface area contributed by atoms with Crippen molar-refractivity contribution < 1.29 is 25.5 Å². The number of rotatable bonds is 2. The van der Waals surface area contributed by atoms with E-state index in [4.69, 9.17) is 0 Å². The summed E-state index contributed by atoms with van der Waals surface area (Å²) in [5.41, 5.74) is 4.39. The third-order valence-electron chi connectivity index (χ3n) is 6.24. The van der Waals surface area contributed by atoms with Gasteiger partial charge in [-0.2, -0.15) is 0 Å². The van der Waals surface area contributed by atoms with Gasteiger partial charge in [-0.25, -0.2) is 0 Å². The summed E-state index contributed by atoms with van der Waals surface area (Å²) >= 11 is 3.10. The molecule has 0 amide bonds. The molecule has 5 N–H and O–H groups in total. The monoisotopic (exact) mass is 505 g/mol. The molecule has 0 fully saturated rings. The molecule has 4 aromatic carbocycles. The predicted molar refractivity (Wildman–Crippen MR) is 132 cm³/mol. The van der Waals surface area contributed by atoms with Crippen LogP contribution in [0.25, 0.3) is 38.6 Å². The van der Waals surface area contributed by atoms with Crippen molar-refractivity contribution in [3.63, 3.8) is 0 Å². The van der Waals surface area contributed by atoms with E-state index in [1.165, 1.54) is 0 Å².